The van der Waals surface area contributed by atoms with E-state index in [-0.39, 0.29) is 5.41 Å². The Morgan fingerprint density at radius 3 is 2.56 bits per heavy atom. The smallest absolute Gasteiger partial charge is 0.0848 e. The molecular weight excluding hydrogens is 248 g/mol. The lowest BCUT2D eigenvalue weighted by Gasteiger charge is -2.25. The molecule has 0 aliphatic heterocycles. The first-order valence-corrected chi connectivity index (χ1v) is 7.08. The third kappa shape index (κ3) is 2.57. The molecule has 18 heavy (non-hydrogen) atoms. The zero-order valence-corrected chi connectivity index (χ0v) is 12.5. The number of halogens is 1. The zero-order chi connectivity index (χ0) is 13.6. The topological polar surface area (TPSA) is 38.0 Å². The van der Waals surface area contributed by atoms with Crippen LogP contribution < -0.4 is 0 Å². The summed E-state index contributed by atoms with van der Waals surface area (Å²) >= 11 is 6.31. The van der Waals surface area contributed by atoms with Crippen LogP contribution in [0.3, 0.4) is 0 Å². The van der Waals surface area contributed by atoms with Gasteiger partial charge in [-0.15, -0.1) is 0 Å². The molecule has 3 nitrogen and oxygen atoms in total. The van der Waals surface area contributed by atoms with E-state index in [4.69, 9.17) is 11.6 Å². The van der Waals surface area contributed by atoms with Crippen molar-refractivity contribution in [1.29, 1.82) is 0 Å². The first kappa shape index (κ1) is 13.9. The molecule has 1 fully saturated rings. The van der Waals surface area contributed by atoms with Crippen molar-refractivity contribution in [3.63, 3.8) is 0 Å². The van der Waals surface area contributed by atoms with Crippen molar-refractivity contribution < 1.29 is 5.11 Å². The van der Waals surface area contributed by atoms with Crippen LogP contribution in [0.2, 0.25) is 5.02 Å². The van der Waals surface area contributed by atoms with E-state index < -0.39 is 5.60 Å². The minimum Gasteiger partial charge on any atom is -0.389 e. The number of aromatic nitrogens is 2. The van der Waals surface area contributed by atoms with Gasteiger partial charge in [0.05, 0.1) is 22.0 Å². The second-order valence-electron chi connectivity index (χ2n) is 6.40. The Labute approximate surface area is 114 Å². The zero-order valence-electron chi connectivity index (χ0n) is 11.8. The van der Waals surface area contributed by atoms with E-state index in [1.165, 1.54) is 0 Å². The maximum atomic E-state index is 10.7. The first-order valence-electron chi connectivity index (χ1n) is 6.70. The van der Waals surface area contributed by atoms with Gasteiger partial charge in [-0.1, -0.05) is 25.4 Å². The molecular formula is C14H23ClN2O. The molecule has 0 spiro atoms. The minimum atomic E-state index is -0.619. The van der Waals surface area contributed by atoms with Crippen LogP contribution in [-0.4, -0.2) is 20.5 Å². The molecule has 1 unspecified atom stereocenters. The van der Waals surface area contributed by atoms with Gasteiger partial charge in [-0.3, -0.25) is 4.68 Å². The van der Waals surface area contributed by atoms with E-state index in [0.717, 1.165) is 42.2 Å². The van der Waals surface area contributed by atoms with Gasteiger partial charge in [-0.05, 0) is 38.5 Å². The Bertz CT molecular complexity index is 453. The van der Waals surface area contributed by atoms with E-state index >= 15 is 0 Å². The van der Waals surface area contributed by atoms with Crippen molar-refractivity contribution in [2.24, 2.45) is 5.41 Å². The van der Waals surface area contributed by atoms with Crippen LogP contribution in [0.25, 0.3) is 0 Å². The molecule has 1 aromatic heterocycles. The standard InChI is InChI=1S/C14H23ClN2O/c1-5-17-11(12(15)10(2)16-17)8-14(18)7-6-13(3,4)9-14/h18H,5-9H2,1-4H3. The summed E-state index contributed by atoms with van der Waals surface area (Å²) in [6, 6.07) is 0. The van der Waals surface area contributed by atoms with E-state index in [1.54, 1.807) is 0 Å². The molecule has 0 radical (unpaired) electrons. The van der Waals surface area contributed by atoms with Crippen molar-refractivity contribution in [3.8, 4) is 0 Å². The molecule has 0 bridgehead atoms. The van der Waals surface area contributed by atoms with Gasteiger partial charge in [0.2, 0.25) is 0 Å². The van der Waals surface area contributed by atoms with Crippen molar-refractivity contribution in [2.45, 2.75) is 65.5 Å². The highest BCUT2D eigenvalue weighted by atomic mass is 35.5. The summed E-state index contributed by atoms with van der Waals surface area (Å²) in [5.74, 6) is 0. The molecule has 1 aliphatic carbocycles. The second kappa shape index (κ2) is 4.53. The Morgan fingerprint density at radius 2 is 2.06 bits per heavy atom. The van der Waals surface area contributed by atoms with Gasteiger partial charge in [0.15, 0.2) is 0 Å². The largest absolute Gasteiger partial charge is 0.389 e. The lowest BCUT2D eigenvalue weighted by Crippen LogP contribution is -2.30. The molecule has 1 heterocycles. The Balaban J connectivity index is 2.24. The van der Waals surface area contributed by atoms with Crippen molar-refractivity contribution in [1.82, 2.24) is 9.78 Å². The van der Waals surface area contributed by atoms with E-state index in [0.29, 0.717) is 6.42 Å². The third-order valence-corrected chi connectivity index (χ3v) is 4.52. The van der Waals surface area contributed by atoms with Crippen molar-refractivity contribution in [3.05, 3.63) is 16.4 Å². The molecule has 1 saturated carbocycles. The molecule has 1 aliphatic rings. The second-order valence-corrected chi connectivity index (χ2v) is 6.78. The summed E-state index contributed by atoms with van der Waals surface area (Å²) in [6.45, 7) is 9.20. The molecule has 1 N–H and O–H groups in total. The van der Waals surface area contributed by atoms with Gasteiger partial charge >= 0.3 is 0 Å². The SMILES string of the molecule is CCn1nc(C)c(Cl)c1CC1(O)CCC(C)(C)C1. The quantitative estimate of drug-likeness (QED) is 0.915. The molecule has 102 valence electrons. The van der Waals surface area contributed by atoms with Crippen molar-refractivity contribution >= 4 is 11.6 Å². The van der Waals surface area contributed by atoms with Crippen LogP contribution in [0.15, 0.2) is 0 Å². The van der Waals surface area contributed by atoms with Gasteiger partial charge < -0.3 is 5.11 Å². The summed E-state index contributed by atoms with van der Waals surface area (Å²) < 4.78 is 1.92. The summed E-state index contributed by atoms with van der Waals surface area (Å²) in [4.78, 5) is 0. The predicted octanol–water partition coefficient (Wildman–Crippen LogP) is 3.35. The maximum absolute atomic E-state index is 10.7. The van der Waals surface area contributed by atoms with E-state index in [9.17, 15) is 5.11 Å². The summed E-state index contributed by atoms with van der Waals surface area (Å²) in [6.07, 6.45) is 3.37. The lowest BCUT2D eigenvalue weighted by molar-refractivity contribution is 0.0359. The number of aliphatic hydroxyl groups is 1. The van der Waals surface area contributed by atoms with E-state index in [2.05, 4.69) is 25.9 Å². The fourth-order valence-corrected chi connectivity index (χ4v) is 3.34. The average molecular weight is 271 g/mol. The van der Waals surface area contributed by atoms with Gasteiger partial charge in [0, 0.05) is 13.0 Å². The highest BCUT2D eigenvalue weighted by molar-refractivity contribution is 6.31. The van der Waals surface area contributed by atoms with Crippen LogP contribution in [0, 0.1) is 12.3 Å². The average Bonchev–Trinajstić information content (AvgIpc) is 2.69. The molecule has 2 rings (SSSR count). The Kier molecular flexibility index (Phi) is 3.50. The molecule has 0 amide bonds. The lowest BCUT2D eigenvalue weighted by atomic mass is 9.87. The van der Waals surface area contributed by atoms with Crippen LogP contribution in [0.1, 0.15) is 51.4 Å². The highest BCUT2D eigenvalue weighted by Crippen LogP contribution is 2.45. The first-order chi connectivity index (χ1) is 8.26. The van der Waals surface area contributed by atoms with E-state index in [1.807, 2.05) is 11.6 Å². The molecule has 1 aromatic rings. The van der Waals surface area contributed by atoms with Crippen molar-refractivity contribution in [2.75, 3.05) is 0 Å². The van der Waals surface area contributed by atoms with Gasteiger partial charge in [0.25, 0.3) is 0 Å². The van der Waals surface area contributed by atoms with Crippen LogP contribution >= 0.6 is 11.6 Å². The van der Waals surface area contributed by atoms with Gasteiger partial charge in [-0.2, -0.15) is 5.10 Å². The Hall–Kier alpha value is -0.540. The fraction of sp³-hybridized carbons (Fsp3) is 0.786. The highest BCUT2D eigenvalue weighted by Gasteiger charge is 2.42. The minimum absolute atomic E-state index is 0.230. The summed E-state index contributed by atoms with van der Waals surface area (Å²) in [5.41, 5.74) is 1.45. The maximum Gasteiger partial charge on any atom is 0.0848 e. The van der Waals surface area contributed by atoms with Crippen LogP contribution in [0.5, 0.6) is 0 Å². The summed E-state index contributed by atoms with van der Waals surface area (Å²) in [5, 5.41) is 15.9. The number of rotatable bonds is 3. The predicted molar refractivity (Wildman–Crippen MR) is 73.9 cm³/mol. The van der Waals surface area contributed by atoms with Crippen LogP contribution in [0.4, 0.5) is 0 Å². The fourth-order valence-electron chi connectivity index (χ4n) is 3.14. The molecule has 4 heteroatoms. The normalized spacial score (nSPS) is 26.8. The third-order valence-electron chi connectivity index (χ3n) is 4.02. The number of hydrogen-bond acceptors (Lipinski definition) is 2. The number of nitrogens with zero attached hydrogens (tertiary/aromatic N) is 2. The Morgan fingerprint density at radius 1 is 1.39 bits per heavy atom. The van der Waals surface area contributed by atoms with Crippen LogP contribution in [-0.2, 0) is 13.0 Å². The molecule has 0 saturated heterocycles. The number of aryl methyl sites for hydroxylation is 2. The molecule has 0 aromatic carbocycles. The number of hydrogen-bond donors (Lipinski definition) is 1. The monoisotopic (exact) mass is 270 g/mol. The van der Waals surface area contributed by atoms with Gasteiger partial charge in [-0.25, -0.2) is 0 Å². The molecule has 1 atom stereocenters. The summed E-state index contributed by atoms with van der Waals surface area (Å²) in [7, 11) is 0. The van der Waals surface area contributed by atoms with Gasteiger partial charge in [0.1, 0.15) is 0 Å².